The van der Waals surface area contributed by atoms with E-state index < -0.39 is 0 Å². The number of piperidine rings is 1. The molecule has 0 spiro atoms. The second-order valence-corrected chi connectivity index (χ2v) is 5.21. The molecule has 2 rings (SSSR count). The highest BCUT2D eigenvalue weighted by molar-refractivity contribution is 7.99. The molecule has 0 aromatic carbocycles. The Morgan fingerprint density at radius 1 is 1.36 bits per heavy atom. The van der Waals surface area contributed by atoms with E-state index in [4.69, 9.17) is 0 Å². The van der Waals surface area contributed by atoms with E-state index in [0.717, 1.165) is 10.4 Å². The van der Waals surface area contributed by atoms with Crippen LogP contribution in [0.25, 0.3) is 0 Å². The Labute approximate surface area is 89.5 Å². The van der Waals surface area contributed by atoms with Crippen molar-refractivity contribution in [1.29, 1.82) is 0 Å². The normalized spacial score (nSPS) is 20.1. The number of aryl methyl sites for hydroxylation is 1. The molecule has 0 bridgehead atoms. The summed E-state index contributed by atoms with van der Waals surface area (Å²) in [5.41, 5.74) is 0. The average molecular weight is 211 g/mol. The molecule has 78 valence electrons. The van der Waals surface area contributed by atoms with Gasteiger partial charge in [-0.15, -0.1) is 0 Å². The van der Waals surface area contributed by atoms with Gasteiger partial charge in [0, 0.05) is 24.7 Å². The van der Waals surface area contributed by atoms with Crippen LogP contribution in [0.1, 0.15) is 12.8 Å². The minimum atomic E-state index is 0.757. The summed E-state index contributed by atoms with van der Waals surface area (Å²) in [5.74, 6) is 0. The van der Waals surface area contributed by atoms with Crippen molar-refractivity contribution in [2.75, 3.05) is 20.1 Å². The summed E-state index contributed by atoms with van der Waals surface area (Å²) in [6.07, 6.45) is 6.45. The van der Waals surface area contributed by atoms with Crippen LogP contribution >= 0.6 is 11.8 Å². The highest BCUT2D eigenvalue weighted by Crippen LogP contribution is 2.28. The van der Waals surface area contributed by atoms with E-state index in [1.165, 1.54) is 25.9 Å². The molecule has 0 amide bonds. The molecule has 2 heterocycles. The molecular formula is C10H17N3S. The largest absolute Gasteiger partial charge is 0.329 e. The number of hydrogen-bond acceptors (Lipinski definition) is 3. The van der Waals surface area contributed by atoms with Crippen molar-refractivity contribution in [1.82, 2.24) is 14.5 Å². The van der Waals surface area contributed by atoms with E-state index >= 15 is 0 Å². The molecule has 0 atom stereocenters. The van der Waals surface area contributed by atoms with E-state index in [-0.39, 0.29) is 0 Å². The SMILES string of the molecule is CN1CCC(Sc2nccn2C)CC1. The molecule has 1 aliphatic heterocycles. The van der Waals surface area contributed by atoms with Crippen LogP contribution in [0.15, 0.2) is 17.6 Å². The second kappa shape index (κ2) is 4.36. The van der Waals surface area contributed by atoms with Crippen molar-refractivity contribution >= 4 is 11.8 Å². The maximum atomic E-state index is 4.34. The summed E-state index contributed by atoms with van der Waals surface area (Å²) in [6, 6.07) is 0. The minimum Gasteiger partial charge on any atom is -0.329 e. The van der Waals surface area contributed by atoms with Crippen molar-refractivity contribution < 1.29 is 0 Å². The number of rotatable bonds is 2. The van der Waals surface area contributed by atoms with E-state index in [1.807, 2.05) is 24.2 Å². The topological polar surface area (TPSA) is 21.1 Å². The Bertz CT molecular complexity index is 289. The first-order chi connectivity index (χ1) is 6.75. The number of imidazole rings is 1. The zero-order chi connectivity index (χ0) is 9.97. The summed E-state index contributed by atoms with van der Waals surface area (Å²) in [7, 11) is 4.26. The van der Waals surface area contributed by atoms with Gasteiger partial charge in [0.25, 0.3) is 0 Å². The molecular weight excluding hydrogens is 194 g/mol. The van der Waals surface area contributed by atoms with E-state index in [9.17, 15) is 0 Å². The van der Waals surface area contributed by atoms with Crippen LogP contribution in [0.4, 0.5) is 0 Å². The fourth-order valence-electron chi connectivity index (χ4n) is 1.72. The summed E-state index contributed by atoms with van der Waals surface area (Å²) in [5, 5.41) is 1.91. The summed E-state index contributed by atoms with van der Waals surface area (Å²) < 4.78 is 2.10. The molecule has 1 aromatic rings. The highest BCUT2D eigenvalue weighted by atomic mass is 32.2. The molecule has 14 heavy (non-hydrogen) atoms. The third-order valence-corrected chi connectivity index (χ3v) is 4.12. The number of thioether (sulfide) groups is 1. The van der Waals surface area contributed by atoms with Gasteiger partial charge in [-0.25, -0.2) is 4.98 Å². The van der Waals surface area contributed by atoms with Crippen LogP contribution in [0.2, 0.25) is 0 Å². The number of likely N-dealkylation sites (tertiary alicyclic amines) is 1. The van der Waals surface area contributed by atoms with Gasteiger partial charge in [0.2, 0.25) is 0 Å². The van der Waals surface area contributed by atoms with Crippen LogP contribution < -0.4 is 0 Å². The zero-order valence-corrected chi connectivity index (χ0v) is 9.63. The molecule has 1 aliphatic rings. The fraction of sp³-hybridized carbons (Fsp3) is 0.700. The predicted octanol–water partition coefficient (Wildman–Crippen LogP) is 1.61. The van der Waals surface area contributed by atoms with Crippen molar-refractivity contribution in [2.24, 2.45) is 7.05 Å². The molecule has 4 heteroatoms. The van der Waals surface area contributed by atoms with Crippen molar-refractivity contribution in [2.45, 2.75) is 23.2 Å². The predicted molar refractivity (Wildman–Crippen MR) is 59.6 cm³/mol. The van der Waals surface area contributed by atoms with E-state index in [1.54, 1.807) is 0 Å². The second-order valence-electron chi connectivity index (χ2n) is 3.94. The third-order valence-electron chi connectivity index (χ3n) is 2.71. The number of nitrogens with zero attached hydrogens (tertiary/aromatic N) is 3. The summed E-state index contributed by atoms with van der Waals surface area (Å²) in [6.45, 7) is 2.45. The molecule has 0 saturated carbocycles. The van der Waals surface area contributed by atoms with Crippen molar-refractivity contribution in [3.8, 4) is 0 Å². The van der Waals surface area contributed by atoms with Gasteiger partial charge in [0.1, 0.15) is 0 Å². The monoisotopic (exact) mass is 211 g/mol. The Kier molecular flexibility index (Phi) is 3.13. The minimum absolute atomic E-state index is 0.757. The highest BCUT2D eigenvalue weighted by Gasteiger charge is 2.18. The van der Waals surface area contributed by atoms with Gasteiger partial charge in [0.05, 0.1) is 0 Å². The van der Waals surface area contributed by atoms with Gasteiger partial charge in [-0.1, -0.05) is 11.8 Å². The summed E-state index contributed by atoms with van der Waals surface area (Å²) >= 11 is 1.93. The third kappa shape index (κ3) is 2.30. The first-order valence-corrected chi connectivity index (χ1v) is 5.96. The zero-order valence-electron chi connectivity index (χ0n) is 8.81. The first-order valence-electron chi connectivity index (χ1n) is 5.08. The average Bonchev–Trinajstić information content (AvgIpc) is 2.56. The van der Waals surface area contributed by atoms with Crippen molar-refractivity contribution in [3.05, 3.63) is 12.4 Å². The Balaban J connectivity index is 1.89. The quantitative estimate of drug-likeness (QED) is 0.741. The van der Waals surface area contributed by atoms with Crippen molar-refractivity contribution in [3.63, 3.8) is 0 Å². The molecule has 0 N–H and O–H groups in total. The lowest BCUT2D eigenvalue weighted by molar-refractivity contribution is 0.282. The molecule has 0 unspecified atom stereocenters. The standard InChI is InChI=1S/C10H17N3S/c1-12-6-3-9(4-7-12)14-10-11-5-8-13(10)2/h5,8-9H,3-4,6-7H2,1-2H3. The molecule has 0 radical (unpaired) electrons. The Morgan fingerprint density at radius 2 is 2.07 bits per heavy atom. The maximum Gasteiger partial charge on any atom is 0.167 e. The Morgan fingerprint density at radius 3 is 2.64 bits per heavy atom. The van der Waals surface area contributed by atoms with Crippen LogP contribution in [-0.2, 0) is 7.05 Å². The molecule has 3 nitrogen and oxygen atoms in total. The van der Waals surface area contributed by atoms with E-state index in [2.05, 4.69) is 28.5 Å². The van der Waals surface area contributed by atoms with Gasteiger partial charge >= 0.3 is 0 Å². The smallest absolute Gasteiger partial charge is 0.167 e. The lowest BCUT2D eigenvalue weighted by Gasteiger charge is -2.28. The van der Waals surface area contributed by atoms with Gasteiger partial charge < -0.3 is 9.47 Å². The van der Waals surface area contributed by atoms with Gasteiger partial charge in [-0.05, 0) is 33.0 Å². The fourth-order valence-corrected chi connectivity index (χ4v) is 2.81. The summed E-state index contributed by atoms with van der Waals surface area (Å²) in [4.78, 5) is 6.74. The van der Waals surface area contributed by atoms with Crippen LogP contribution in [0.3, 0.4) is 0 Å². The lowest BCUT2D eigenvalue weighted by Crippen LogP contribution is -2.31. The van der Waals surface area contributed by atoms with Gasteiger partial charge in [0.15, 0.2) is 5.16 Å². The van der Waals surface area contributed by atoms with Crippen LogP contribution in [0, 0.1) is 0 Å². The molecule has 1 saturated heterocycles. The van der Waals surface area contributed by atoms with Gasteiger partial charge in [-0.3, -0.25) is 0 Å². The molecule has 0 aliphatic carbocycles. The van der Waals surface area contributed by atoms with Crippen LogP contribution in [-0.4, -0.2) is 39.8 Å². The lowest BCUT2D eigenvalue weighted by atomic mass is 10.1. The number of hydrogen-bond donors (Lipinski definition) is 0. The first kappa shape index (κ1) is 10.1. The molecule has 1 fully saturated rings. The van der Waals surface area contributed by atoms with Gasteiger partial charge in [-0.2, -0.15) is 0 Å². The molecule has 1 aromatic heterocycles. The van der Waals surface area contributed by atoms with E-state index in [0.29, 0.717) is 0 Å². The maximum absolute atomic E-state index is 4.34. The Hall–Kier alpha value is -0.480. The van der Waals surface area contributed by atoms with Crippen LogP contribution in [0.5, 0.6) is 0 Å². The number of aromatic nitrogens is 2.